The Morgan fingerprint density at radius 2 is 1.71 bits per heavy atom. The first kappa shape index (κ1) is 14.1. The summed E-state index contributed by atoms with van der Waals surface area (Å²) >= 11 is 0. The van der Waals surface area contributed by atoms with Gasteiger partial charge in [0.25, 0.3) is 0 Å². The Morgan fingerprint density at radius 3 is 2.29 bits per heavy atom. The van der Waals surface area contributed by atoms with Crippen molar-refractivity contribution < 1.29 is 4.39 Å². The molecule has 0 heterocycles. The van der Waals surface area contributed by atoms with E-state index in [2.05, 4.69) is 9.80 Å². The summed E-state index contributed by atoms with van der Waals surface area (Å²) in [7, 11) is 6.13. The Kier molecular flexibility index (Phi) is 5.55. The van der Waals surface area contributed by atoms with E-state index in [4.69, 9.17) is 5.73 Å². The van der Waals surface area contributed by atoms with E-state index in [1.807, 2.05) is 27.2 Å². The predicted octanol–water partition coefficient (Wildman–Crippen LogP) is 1.28. The summed E-state index contributed by atoms with van der Waals surface area (Å²) in [6, 6.07) is 5.03. The first-order valence-corrected chi connectivity index (χ1v) is 5.83. The number of nitrogens with zero attached hydrogens (tertiary/aromatic N) is 2. The maximum Gasteiger partial charge on any atom is 0.123 e. The molecule has 1 aromatic rings. The first-order valence-electron chi connectivity index (χ1n) is 5.83. The second-order valence-corrected chi connectivity index (χ2v) is 4.71. The highest BCUT2D eigenvalue weighted by Gasteiger charge is 2.04. The van der Waals surface area contributed by atoms with E-state index < -0.39 is 0 Å². The lowest BCUT2D eigenvalue weighted by atomic mass is 10.1. The van der Waals surface area contributed by atoms with Crippen molar-refractivity contribution in [2.24, 2.45) is 5.73 Å². The molecule has 0 saturated heterocycles. The number of benzene rings is 1. The summed E-state index contributed by atoms with van der Waals surface area (Å²) in [5.41, 5.74) is 7.36. The normalized spacial score (nSPS) is 11.5. The molecule has 0 spiro atoms. The van der Waals surface area contributed by atoms with E-state index in [0.29, 0.717) is 6.54 Å². The average molecular weight is 239 g/mol. The van der Waals surface area contributed by atoms with Gasteiger partial charge in [-0.3, -0.25) is 0 Å². The molecule has 0 saturated carbocycles. The summed E-state index contributed by atoms with van der Waals surface area (Å²) in [4.78, 5) is 4.31. The lowest BCUT2D eigenvalue weighted by molar-refractivity contribution is 0.276. The Bertz CT molecular complexity index is 353. The van der Waals surface area contributed by atoms with Crippen molar-refractivity contribution in [1.29, 1.82) is 0 Å². The molecular formula is C13H22FN3. The van der Waals surface area contributed by atoms with Gasteiger partial charge in [-0.15, -0.1) is 0 Å². The van der Waals surface area contributed by atoms with Crippen molar-refractivity contribution in [3.63, 3.8) is 0 Å². The zero-order valence-electron chi connectivity index (χ0n) is 10.9. The third-order valence-corrected chi connectivity index (χ3v) is 2.63. The van der Waals surface area contributed by atoms with Crippen LogP contribution in [-0.4, -0.2) is 44.0 Å². The van der Waals surface area contributed by atoms with Crippen molar-refractivity contribution in [1.82, 2.24) is 9.80 Å². The number of rotatable bonds is 6. The molecular weight excluding hydrogens is 217 g/mol. The lowest BCUT2D eigenvalue weighted by Gasteiger charge is -2.19. The van der Waals surface area contributed by atoms with E-state index in [1.165, 1.54) is 6.07 Å². The minimum atomic E-state index is -0.205. The molecule has 3 nitrogen and oxygen atoms in total. The van der Waals surface area contributed by atoms with Gasteiger partial charge in [-0.25, -0.2) is 4.39 Å². The molecule has 0 aromatic heterocycles. The van der Waals surface area contributed by atoms with Gasteiger partial charge < -0.3 is 15.5 Å². The molecule has 0 aliphatic carbocycles. The minimum Gasteiger partial charge on any atom is -0.326 e. The zero-order chi connectivity index (χ0) is 12.8. The average Bonchev–Trinajstić information content (AvgIpc) is 2.25. The van der Waals surface area contributed by atoms with Crippen LogP contribution < -0.4 is 5.73 Å². The molecule has 0 radical (unpaired) electrons. The van der Waals surface area contributed by atoms with Crippen LogP contribution in [-0.2, 0) is 13.1 Å². The van der Waals surface area contributed by atoms with E-state index in [-0.39, 0.29) is 5.82 Å². The third-order valence-electron chi connectivity index (χ3n) is 2.63. The van der Waals surface area contributed by atoms with Gasteiger partial charge in [-0.2, -0.15) is 0 Å². The zero-order valence-corrected chi connectivity index (χ0v) is 10.9. The summed E-state index contributed by atoms with van der Waals surface area (Å²) < 4.78 is 13.3. The van der Waals surface area contributed by atoms with Crippen LogP contribution in [0.3, 0.4) is 0 Å². The molecule has 2 N–H and O–H groups in total. The highest BCUT2D eigenvalue weighted by molar-refractivity contribution is 5.24. The second-order valence-electron chi connectivity index (χ2n) is 4.71. The fraction of sp³-hybridized carbons (Fsp3) is 0.538. The van der Waals surface area contributed by atoms with Gasteiger partial charge in [-0.1, -0.05) is 6.07 Å². The monoisotopic (exact) mass is 239 g/mol. The molecule has 0 aliphatic heterocycles. The van der Waals surface area contributed by atoms with Crippen molar-refractivity contribution in [3.8, 4) is 0 Å². The molecule has 0 bridgehead atoms. The Balaban J connectivity index is 2.58. The van der Waals surface area contributed by atoms with Crippen LogP contribution in [0.4, 0.5) is 4.39 Å². The topological polar surface area (TPSA) is 32.5 Å². The molecule has 0 aliphatic rings. The summed E-state index contributed by atoms with van der Waals surface area (Å²) in [5, 5.41) is 0. The lowest BCUT2D eigenvalue weighted by Crippen LogP contribution is -2.28. The van der Waals surface area contributed by atoms with Gasteiger partial charge in [0.15, 0.2) is 0 Å². The summed E-state index contributed by atoms with van der Waals surface area (Å²) in [6.45, 7) is 3.09. The SMILES string of the molecule is CN(C)CCN(C)Cc1cc(F)cc(CN)c1. The predicted molar refractivity (Wildman–Crippen MR) is 69.2 cm³/mol. The Labute approximate surface area is 103 Å². The van der Waals surface area contributed by atoms with E-state index in [0.717, 1.165) is 30.8 Å². The van der Waals surface area contributed by atoms with Crippen LogP contribution in [0.15, 0.2) is 18.2 Å². The van der Waals surface area contributed by atoms with E-state index in [1.54, 1.807) is 6.07 Å². The van der Waals surface area contributed by atoms with Crippen LogP contribution >= 0.6 is 0 Å². The van der Waals surface area contributed by atoms with Gasteiger partial charge in [0.05, 0.1) is 0 Å². The molecule has 0 unspecified atom stereocenters. The van der Waals surface area contributed by atoms with E-state index in [9.17, 15) is 4.39 Å². The number of likely N-dealkylation sites (N-methyl/N-ethyl adjacent to an activating group) is 2. The standard InChI is InChI=1S/C13H22FN3/c1-16(2)4-5-17(3)10-12-6-11(9-15)7-13(14)8-12/h6-8H,4-5,9-10,15H2,1-3H3. The molecule has 0 atom stereocenters. The summed E-state index contributed by atoms with van der Waals surface area (Å²) in [6.07, 6.45) is 0. The number of hydrogen-bond donors (Lipinski definition) is 1. The second kappa shape index (κ2) is 6.69. The van der Waals surface area contributed by atoms with Crippen molar-refractivity contribution in [2.75, 3.05) is 34.2 Å². The van der Waals surface area contributed by atoms with E-state index >= 15 is 0 Å². The van der Waals surface area contributed by atoms with Crippen LogP contribution in [0.1, 0.15) is 11.1 Å². The summed E-state index contributed by atoms with van der Waals surface area (Å²) in [5.74, 6) is -0.205. The Morgan fingerprint density at radius 1 is 1.06 bits per heavy atom. The fourth-order valence-corrected chi connectivity index (χ4v) is 1.69. The van der Waals surface area contributed by atoms with Crippen molar-refractivity contribution in [3.05, 3.63) is 35.1 Å². The molecule has 1 rings (SSSR count). The maximum atomic E-state index is 13.3. The highest BCUT2D eigenvalue weighted by Crippen LogP contribution is 2.10. The maximum absolute atomic E-state index is 13.3. The quantitative estimate of drug-likeness (QED) is 0.811. The molecule has 17 heavy (non-hydrogen) atoms. The third kappa shape index (κ3) is 5.26. The van der Waals surface area contributed by atoms with Crippen LogP contribution in [0.2, 0.25) is 0 Å². The fourth-order valence-electron chi connectivity index (χ4n) is 1.69. The largest absolute Gasteiger partial charge is 0.326 e. The van der Waals surface area contributed by atoms with Gasteiger partial charge in [0.1, 0.15) is 5.82 Å². The van der Waals surface area contributed by atoms with Gasteiger partial charge in [-0.05, 0) is 44.4 Å². The van der Waals surface area contributed by atoms with Gasteiger partial charge in [0, 0.05) is 26.2 Å². The number of halogens is 1. The molecule has 1 aromatic carbocycles. The van der Waals surface area contributed by atoms with Crippen LogP contribution in [0.25, 0.3) is 0 Å². The molecule has 0 amide bonds. The van der Waals surface area contributed by atoms with Crippen molar-refractivity contribution >= 4 is 0 Å². The van der Waals surface area contributed by atoms with Crippen LogP contribution in [0.5, 0.6) is 0 Å². The number of nitrogens with two attached hydrogens (primary N) is 1. The molecule has 96 valence electrons. The smallest absolute Gasteiger partial charge is 0.123 e. The van der Waals surface area contributed by atoms with Gasteiger partial charge in [0.2, 0.25) is 0 Å². The highest BCUT2D eigenvalue weighted by atomic mass is 19.1. The van der Waals surface area contributed by atoms with Crippen LogP contribution in [0, 0.1) is 5.82 Å². The minimum absolute atomic E-state index is 0.205. The molecule has 4 heteroatoms. The molecule has 0 fully saturated rings. The Hall–Kier alpha value is -0.970. The number of hydrogen-bond acceptors (Lipinski definition) is 3. The van der Waals surface area contributed by atoms with Gasteiger partial charge >= 0.3 is 0 Å². The first-order chi connectivity index (χ1) is 8.01. The van der Waals surface area contributed by atoms with Crippen molar-refractivity contribution in [2.45, 2.75) is 13.1 Å².